The second-order valence-corrected chi connectivity index (χ2v) is 10.1. The molecule has 1 N–H and O–H groups in total. The fourth-order valence-electron chi connectivity index (χ4n) is 5.17. The molecule has 10 heteroatoms. The SMILES string of the molecule is CC(=O)CC[C@H]1CN(c2ccc(N3CCNN(Cc4ccc(N5CCOCC5)cc4)CC3)c(F)c2)C(=O)O1. The van der Waals surface area contributed by atoms with Gasteiger partial charge >= 0.3 is 6.09 Å². The van der Waals surface area contributed by atoms with Gasteiger partial charge in [-0.15, -0.1) is 0 Å². The molecule has 0 aliphatic carbocycles. The highest BCUT2D eigenvalue weighted by Gasteiger charge is 2.33. The van der Waals surface area contributed by atoms with Crippen LogP contribution in [-0.2, 0) is 20.8 Å². The number of morpholine rings is 1. The molecule has 0 radical (unpaired) electrons. The van der Waals surface area contributed by atoms with E-state index in [1.54, 1.807) is 12.1 Å². The Kier molecular flexibility index (Phi) is 8.41. The lowest BCUT2D eigenvalue weighted by molar-refractivity contribution is -0.117. The normalized spacial score (nSPS) is 20.9. The summed E-state index contributed by atoms with van der Waals surface area (Å²) in [5.41, 5.74) is 6.90. The van der Waals surface area contributed by atoms with Crippen LogP contribution in [0.15, 0.2) is 42.5 Å². The molecule has 0 saturated carbocycles. The van der Waals surface area contributed by atoms with Crippen LogP contribution in [0.2, 0.25) is 0 Å². The van der Waals surface area contributed by atoms with Gasteiger partial charge in [0, 0.05) is 57.9 Å². The molecule has 2 aromatic carbocycles. The predicted molar refractivity (Wildman–Crippen MR) is 144 cm³/mol. The molecule has 1 atom stereocenters. The van der Waals surface area contributed by atoms with Crippen molar-refractivity contribution in [3.63, 3.8) is 0 Å². The first-order valence-electron chi connectivity index (χ1n) is 13.4. The first-order valence-corrected chi connectivity index (χ1v) is 13.4. The topological polar surface area (TPSA) is 77.6 Å². The summed E-state index contributed by atoms with van der Waals surface area (Å²) in [6.07, 6.45) is -0.0163. The molecule has 2 aromatic rings. The predicted octanol–water partition coefficient (Wildman–Crippen LogP) is 3.18. The second kappa shape index (κ2) is 12.1. The van der Waals surface area contributed by atoms with E-state index in [0.29, 0.717) is 50.4 Å². The average Bonchev–Trinajstić information content (AvgIpc) is 3.15. The van der Waals surface area contributed by atoms with Crippen molar-refractivity contribution in [3.05, 3.63) is 53.8 Å². The van der Waals surface area contributed by atoms with Crippen LogP contribution in [0.25, 0.3) is 0 Å². The van der Waals surface area contributed by atoms with Gasteiger partial charge in [0.15, 0.2) is 0 Å². The van der Waals surface area contributed by atoms with Crippen LogP contribution >= 0.6 is 0 Å². The Morgan fingerprint density at radius 2 is 1.76 bits per heavy atom. The maximum Gasteiger partial charge on any atom is 0.414 e. The van der Waals surface area contributed by atoms with Gasteiger partial charge in [-0.05, 0) is 49.2 Å². The third-order valence-electron chi connectivity index (χ3n) is 7.32. The van der Waals surface area contributed by atoms with Crippen molar-refractivity contribution >= 4 is 28.9 Å². The molecule has 0 aromatic heterocycles. The van der Waals surface area contributed by atoms with Gasteiger partial charge in [-0.25, -0.2) is 14.2 Å². The molecule has 204 valence electrons. The van der Waals surface area contributed by atoms with E-state index in [4.69, 9.17) is 9.47 Å². The van der Waals surface area contributed by atoms with Crippen molar-refractivity contribution in [1.82, 2.24) is 10.4 Å². The van der Waals surface area contributed by atoms with Gasteiger partial charge in [-0.3, -0.25) is 10.3 Å². The zero-order chi connectivity index (χ0) is 26.5. The van der Waals surface area contributed by atoms with Crippen molar-refractivity contribution < 1.29 is 23.5 Å². The average molecular weight is 526 g/mol. The summed E-state index contributed by atoms with van der Waals surface area (Å²) in [6, 6.07) is 13.6. The van der Waals surface area contributed by atoms with E-state index >= 15 is 4.39 Å². The molecule has 0 unspecified atom stereocenters. The summed E-state index contributed by atoms with van der Waals surface area (Å²) >= 11 is 0. The quantitative estimate of drug-likeness (QED) is 0.563. The molecule has 3 aliphatic heterocycles. The molecule has 0 bridgehead atoms. The zero-order valence-electron chi connectivity index (χ0n) is 21.9. The number of benzene rings is 2. The lowest BCUT2D eigenvalue weighted by Crippen LogP contribution is -2.38. The highest BCUT2D eigenvalue weighted by Crippen LogP contribution is 2.29. The number of carbonyl (C=O) groups is 2. The minimum absolute atomic E-state index is 0.0575. The molecule has 38 heavy (non-hydrogen) atoms. The van der Waals surface area contributed by atoms with Gasteiger partial charge in [-0.2, -0.15) is 0 Å². The van der Waals surface area contributed by atoms with E-state index in [-0.39, 0.29) is 17.7 Å². The van der Waals surface area contributed by atoms with E-state index < -0.39 is 6.09 Å². The van der Waals surface area contributed by atoms with Crippen LogP contribution in [0.4, 0.5) is 26.2 Å². The number of carbonyl (C=O) groups excluding carboxylic acids is 2. The Morgan fingerprint density at radius 1 is 1.00 bits per heavy atom. The van der Waals surface area contributed by atoms with Gasteiger partial charge in [0.2, 0.25) is 0 Å². The first-order chi connectivity index (χ1) is 18.5. The first kappa shape index (κ1) is 26.4. The van der Waals surface area contributed by atoms with Gasteiger partial charge in [0.25, 0.3) is 0 Å². The van der Waals surface area contributed by atoms with Gasteiger partial charge in [0.05, 0.1) is 31.1 Å². The van der Waals surface area contributed by atoms with Crippen LogP contribution in [0, 0.1) is 5.82 Å². The van der Waals surface area contributed by atoms with Crippen molar-refractivity contribution in [2.45, 2.75) is 32.4 Å². The molecule has 9 nitrogen and oxygen atoms in total. The number of hydrogen-bond acceptors (Lipinski definition) is 8. The molecule has 0 spiro atoms. The largest absolute Gasteiger partial charge is 0.444 e. The van der Waals surface area contributed by atoms with Crippen LogP contribution in [0.1, 0.15) is 25.3 Å². The van der Waals surface area contributed by atoms with Gasteiger partial charge in [-0.1, -0.05) is 12.1 Å². The summed E-state index contributed by atoms with van der Waals surface area (Å²) < 4.78 is 26.0. The van der Waals surface area contributed by atoms with Crippen LogP contribution < -0.4 is 20.1 Å². The lowest BCUT2D eigenvalue weighted by atomic mass is 10.1. The Balaban J connectivity index is 1.16. The Hall–Kier alpha value is -3.21. The molecule has 3 aliphatic rings. The summed E-state index contributed by atoms with van der Waals surface area (Å²) in [7, 11) is 0. The number of hydrazine groups is 1. The monoisotopic (exact) mass is 525 g/mol. The highest BCUT2D eigenvalue weighted by molar-refractivity contribution is 5.90. The number of ketones is 1. The molecule has 5 rings (SSSR count). The summed E-state index contributed by atoms with van der Waals surface area (Å²) in [4.78, 5) is 29.4. The maximum absolute atomic E-state index is 15.2. The van der Waals surface area contributed by atoms with Crippen molar-refractivity contribution in [1.29, 1.82) is 0 Å². The number of amides is 1. The van der Waals surface area contributed by atoms with Gasteiger partial charge in [0.1, 0.15) is 17.7 Å². The molecular formula is C28H36FN5O4. The third-order valence-corrected chi connectivity index (χ3v) is 7.32. The van der Waals surface area contributed by atoms with E-state index in [1.165, 1.54) is 29.1 Å². The third kappa shape index (κ3) is 6.43. The van der Waals surface area contributed by atoms with E-state index in [1.807, 2.05) is 4.90 Å². The van der Waals surface area contributed by atoms with E-state index in [9.17, 15) is 9.59 Å². The number of nitrogens with one attached hydrogen (secondary N) is 1. The van der Waals surface area contributed by atoms with Crippen molar-refractivity contribution in [2.24, 2.45) is 0 Å². The molecule has 3 heterocycles. The number of Topliss-reactive ketones (excluding diaryl/α,β-unsaturated/α-hetero) is 1. The second-order valence-electron chi connectivity index (χ2n) is 10.1. The number of nitrogens with zero attached hydrogens (tertiary/aromatic N) is 4. The molecule has 1 amide bonds. The smallest absolute Gasteiger partial charge is 0.414 e. The highest BCUT2D eigenvalue weighted by atomic mass is 19.1. The van der Waals surface area contributed by atoms with Crippen LogP contribution in [-0.4, -0.2) is 82.0 Å². The number of halogens is 1. The number of hydrogen-bond donors (Lipinski definition) is 1. The Bertz CT molecular complexity index is 1120. The lowest BCUT2D eigenvalue weighted by Gasteiger charge is -2.29. The molecule has 3 saturated heterocycles. The standard InChI is InChI=1S/C28H36FN5O4/c1-21(35)2-8-25-20-34(28(36)38-25)24-7-9-27(26(29)18-24)32-11-10-30-33(13-12-32)19-22-3-5-23(6-4-22)31-14-16-37-17-15-31/h3-7,9,18,25,30H,2,8,10-17,19-20H2,1H3/t25-/m0/s1. The summed E-state index contributed by atoms with van der Waals surface area (Å²) in [5, 5.41) is 2.18. The van der Waals surface area contributed by atoms with E-state index in [2.05, 4.69) is 39.6 Å². The number of ether oxygens (including phenoxy) is 2. The Morgan fingerprint density at radius 3 is 2.50 bits per heavy atom. The minimum Gasteiger partial charge on any atom is -0.444 e. The van der Waals surface area contributed by atoms with Crippen LogP contribution in [0.5, 0.6) is 0 Å². The molecule has 3 fully saturated rings. The summed E-state index contributed by atoms with van der Waals surface area (Å²) in [6.45, 7) is 8.76. The maximum atomic E-state index is 15.2. The number of cyclic esters (lactones) is 1. The molecular weight excluding hydrogens is 489 g/mol. The van der Waals surface area contributed by atoms with E-state index in [0.717, 1.165) is 39.4 Å². The van der Waals surface area contributed by atoms with Crippen molar-refractivity contribution in [2.75, 3.05) is 73.7 Å². The number of anilines is 3. The van der Waals surface area contributed by atoms with Crippen molar-refractivity contribution in [3.8, 4) is 0 Å². The Labute approximate surface area is 223 Å². The summed E-state index contributed by atoms with van der Waals surface area (Å²) in [5.74, 6) is -0.309. The number of rotatable bonds is 8. The van der Waals surface area contributed by atoms with Gasteiger partial charge < -0.3 is 24.1 Å². The fourth-order valence-corrected chi connectivity index (χ4v) is 5.17. The minimum atomic E-state index is -0.502. The fraction of sp³-hybridized carbons (Fsp3) is 0.500. The zero-order valence-corrected chi connectivity index (χ0v) is 21.9. The van der Waals surface area contributed by atoms with Crippen LogP contribution in [0.3, 0.4) is 0 Å².